The van der Waals surface area contributed by atoms with E-state index in [-0.39, 0.29) is 23.2 Å². The molecule has 0 spiro atoms. The van der Waals surface area contributed by atoms with E-state index in [0.717, 1.165) is 24.9 Å². The van der Waals surface area contributed by atoms with Gasteiger partial charge in [-0.25, -0.2) is 14.4 Å². The van der Waals surface area contributed by atoms with Crippen LogP contribution in [0.4, 0.5) is 10.2 Å². The Labute approximate surface area is 197 Å². The minimum Gasteiger partial charge on any atom is -0.507 e. The predicted octanol–water partition coefficient (Wildman–Crippen LogP) is 2.97. The van der Waals surface area contributed by atoms with Gasteiger partial charge in [0.1, 0.15) is 30.6 Å². The molecule has 2 heterocycles. The highest BCUT2D eigenvalue weighted by molar-refractivity contribution is 5.93. The number of phenols is 1. The van der Waals surface area contributed by atoms with Crippen LogP contribution < -0.4 is 20.1 Å². The van der Waals surface area contributed by atoms with Gasteiger partial charge in [0, 0.05) is 38.3 Å². The number of phenolic OH excluding ortho intramolecular Hbond substituents is 1. The molecule has 1 unspecified atom stereocenters. The van der Waals surface area contributed by atoms with Crippen LogP contribution in [0.15, 0.2) is 30.3 Å². The third-order valence-corrected chi connectivity index (χ3v) is 5.45. The smallest absolute Gasteiger partial charge is 0.165 e. The van der Waals surface area contributed by atoms with Gasteiger partial charge in [-0.1, -0.05) is 0 Å². The van der Waals surface area contributed by atoms with Gasteiger partial charge in [0.25, 0.3) is 0 Å². The molecule has 0 amide bonds. The van der Waals surface area contributed by atoms with Gasteiger partial charge >= 0.3 is 0 Å². The van der Waals surface area contributed by atoms with Crippen molar-refractivity contribution in [3.05, 3.63) is 36.1 Å². The van der Waals surface area contributed by atoms with E-state index < -0.39 is 5.82 Å². The average Bonchev–Trinajstić information content (AvgIpc) is 3.34. The number of ether oxygens (including phenoxy) is 4. The molecule has 1 aromatic heterocycles. The number of nitrogens with zero attached hydrogens (tertiary/aromatic N) is 2. The molecule has 0 saturated carbocycles. The molecule has 0 radical (unpaired) electrons. The number of hydrogen-bond acceptors (Lipinski definition) is 9. The molecule has 10 heteroatoms. The normalized spacial score (nSPS) is 15.6. The fourth-order valence-electron chi connectivity index (χ4n) is 3.72. The van der Waals surface area contributed by atoms with Crippen molar-refractivity contribution in [1.82, 2.24) is 15.3 Å². The van der Waals surface area contributed by atoms with Crippen LogP contribution in [0, 0.1) is 5.82 Å². The summed E-state index contributed by atoms with van der Waals surface area (Å²) in [7, 11) is 3.20. The minimum absolute atomic E-state index is 0.106. The van der Waals surface area contributed by atoms with E-state index in [9.17, 15) is 9.50 Å². The van der Waals surface area contributed by atoms with Gasteiger partial charge in [-0.05, 0) is 37.2 Å². The number of aromatic hydroxyl groups is 1. The van der Waals surface area contributed by atoms with Gasteiger partial charge < -0.3 is 34.7 Å². The lowest BCUT2D eigenvalue weighted by Crippen LogP contribution is -2.23. The van der Waals surface area contributed by atoms with E-state index in [1.54, 1.807) is 20.3 Å². The zero-order valence-electron chi connectivity index (χ0n) is 19.3. The number of benzene rings is 2. The van der Waals surface area contributed by atoms with Gasteiger partial charge in [-0.2, -0.15) is 0 Å². The molecule has 3 N–H and O–H groups in total. The number of fused-ring (bicyclic) bond motifs is 1. The van der Waals surface area contributed by atoms with Crippen molar-refractivity contribution >= 4 is 16.7 Å². The van der Waals surface area contributed by atoms with Crippen molar-refractivity contribution in [2.75, 3.05) is 59.1 Å². The highest BCUT2D eigenvalue weighted by Crippen LogP contribution is 2.37. The summed E-state index contributed by atoms with van der Waals surface area (Å²) in [6, 6.07) is 7.45. The number of hydrogen-bond donors (Lipinski definition) is 3. The molecule has 1 aliphatic heterocycles. The van der Waals surface area contributed by atoms with Crippen LogP contribution in [0.3, 0.4) is 0 Å². The fraction of sp³-hybridized carbons (Fsp3) is 0.417. The molecule has 1 fully saturated rings. The first-order valence-corrected chi connectivity index (χ1v) is 11.1. The quantitative estimate of drug-likeness (QED) is 0.363. The van der Waals surface area contributed by atoms with Crippen molar-refractivity contribution in [3.63, 3.8) is 0 Å². The highest BCUT2D eigenvalue weighted by Gasteiger charge is 2.20. The first-order chi connectivity index (χ1) is 16.6. The number of nitrogens with one attached hydrogen (secondary N) is 2. The highest BCUT2D eigenvalue weighted by atomic mass is 19.1. The molecule has 1 atom stereocenters. The second-order valence-corrected chi connectivity index (χ2v) is 7.89. The van der Waals surface area contributed by atoms with Crippen LogP contribution in [0.1, 0.15) is 6.42 Å². The number of rotatable bonds is 11. The van der Waals surface area contributed by atoms with Crippen LogP contribution in [0.5, 0.6) is 17.2 Å². The summed E-state index contributed by atoms with van der Waals surface area (Å²) in [5.41, 5.74) is 0.769. The first-order valence-electron chi connectivity index (χ1n) is 11.1. The number of halogens is 1. The Morgan fingerprint density at radius 2 is 1.76 bits per heavy atom. The Morgan fingerprint density at radius 1 is 1.03 bits per heavy atom. The molecule has 0 aliphatic carbocycles. The lowest BCUT2D eigenvalue weighted by Gasteiger charge is -2.18. The summed E-state index contributed by atoms with van der Waals surface area (Å²) in [5.74, 6) is 1.19. The second-order valence-electron chi connectivity index (χ2n) is 7.89. The molecule has 2 aromatic carbocycles. The van der Waals surface area contributed by atoms with Crippen molar-refractivity contribution in [2.45, 2.75) is 12.5 Å². The largest absolute Gasteiger partial charge is 0.507 e. The van der Waals surface area contributed by atoms with Crippen LogP contribution in [0.25, 0.3) is 22.3 Å². The van der Waals surface area contributed by atoms with Crippen LogP contribution in [-0.2, 0) is 9.47 Å². The first kappa shape index (κ1) is 23.9. The molecule has 1 saturated heterocycles. The second kappa shape index (κ2) is 11.3. The Hall–Kier alpha value is -3.21. The Morgan fingerprint density at radius 3 is 2.44 bits per heavy atom. The third kappa shape index (κ3) is 5.64. The maximum absolute atomic E-state index is 14.0. The third-order valence-electron chi connectivity index (χ3n) is 5.45. The zero-order chi connectivity index (χ0) is 23.9. The van der Waals surface area contributed by atoms with E-state index in [1.165, 1.54) is 18.2 Å². The molecular weight excluding hydrogens is 443 g/mol. The van der Waals surface area contributed by atoms with E-state index in [0.29, 0.717) is 49.3 Å². The average molecular weight is 473 g/mol. The van der Waals surface area contributed by atoms with Crippen LogP contribution in [-0.4, -0.2) is 74.9 Å². The topological polar surface area (TPSA) is 107 Å². The molecule has 1 aliphatic rings. The van der Waals surface area contributed by atoms with Gasteiger partial charge in [0.05, 0.1) is 24.3 Å². The summed E-state index contributed by atoms with van der Waals surface area (Å²) >= 11 is 0. The lowest BCUT2D eigenvalue weighted by molar-refractivity contribution is 0.132. The molecule has 3 aromatic rings. The predicted molar refractivity (Wildman–Crippen MR) is 126 cm³/mol. The zero-order valence-corrected chi connectivity index (χ0v) is 19.3. The SMILES string of the molecule is COCCOc1cc2nc(-c3cc(F)ccc3O)nc(NC3CCNC3)c2cc1OCCOC. The minimum atomic E-state index is -0.489. The maximum Gasteiger partial charge on any atom is 0.165 e. The van der Waals surface area contributed by atoms with E-state index in [4.69, 9.17) is 18.9 Å². The lowest BCUT2D eigenvalue weighted by atomic mass is 10.1. The molecule has 0 bridgehead atoms. The van der Waals surface area contributed by atoms with Crippen molar-refractivity contribution in [1.29, 1.82) is 0 Å². The summed E-state index contributed by atoms with van der Waals surface area (Å²) in [6.45, 7) is 3.19. The maximum atomic E-state index is 14.0. The molecule has 34 heavy (non-hydrogen) atoms. The van der Waals surface area contributed by atoms with E-state index >= 15 is 0 Å². The molecular formula is C24H29FN4O5. The Bertz CT molecular complexity index is 1120. The monoisotopic (exact) mass is 472 g/mol. The van der Waals surface area contributed by atoms with Crippen molar-refractivity contribution in [2.24, 2.45) is 0 Å². The van der Waals surface area contributed by atoms with Gasteiger partial charge in [-0.3, -0.25) is 0 Å². The van der Waals surface area contributed by atoms with Crippen LogP contribution >= 0.6 is 0 Å². The Kier molecular flexibility index (Phi) is 7.94. The Balaban J connectivity index is 1.82. The summed E-state index contributed by atoms with van der Waals surface area (Å²) in [5, 5.41) is 17.9. The van der Waals surface area contributed by atoms with Gasteiger partial charge in [0.2, 0.25) is 0 Å². The molecule has 182 valence electrons. The number of methoxy groups -OCH3 is 2. The summed E-state index contributed by atoms with van der Waals surface area (Å²) in [6.07, 6.45) is 0.932. The molecule has 4 rings (SSSR count). The van der Waals surface area contributed by atoms with Crippen LogP contribution in [0.2, 0.25) is 0 Å². The number of aromatic nitrogens is 2. The fourth-order valence-corrected chi connectivity index (χ4v) is 3.72. The molecule has 9 nitrogen and oxygen atoms in total. The van der Waals surface area contributed by atoms with E-state index in [1.807, 2.05) is 6.07 Å². The standard InChI is InChI=1S/C24H29FN4O5/c1-31-7-9-33-21-12-17-19(13-22(21)34-10-8-32-2)28-24(18-11-15(25)3-4-20(18)30)29-23(17)27-16-5-6-26-14-16/h3-4,11-13,16,26,30H,5-10,14H2,1-2H3,(H,27,28,29). The summed E-state index contributed by atoms with van der Waals surface area (Å²) < 4.78 is 36.0. The summed E-state index contributed by atoms with van der Waals surface area (Å²) in [4.78, 5) is 9.29. The van der Waals surface area contributed by atoms with Crippen molar-refractivity contribution in [3.8, 4) is 28.6 Å². The van der Waals surface area contributed by atoms with Gasteiger partial charge in [0.15, 0.2) is 17.3 Å². The van der Waals surface area contributed by atoms with Crippen molar-refractivity contribution < 1.29 is 28.4 Å². The van der Waals surface area contributed by atoms with E-state index in [2.05, 4.69) is 20.6 Å². The van der Waals surface area contributed by atoms with Gasteiger partial charge in [-0.15, -0.1) is 0 Å². The number of anilines is 1.